The normalized spacial score (nSPS) is 35.2. The van der Waals surface area contributed by atoms with E-state index in [1.165, 1.54) is 38.5 Å². The number of aliphatic imine (C=N–C) groups is 1. The highest BCUT2D eigenvalue weighted by atomic mass is 32.2. The van der Waals surface area contributed by atoms with Gasteiger partial charge in [0.05, 0.1) is 6.54 Å². The molecule has 0 saturated heterocycles. The van der Waals surface area contributed by atoms with E-state index < -0.39 is 6.04 Å². The van der Waals surface area contributed by atoms with Gasteiger partial charge >= 0.3 is 0 Å². The quantitative estimate of drug-likeness (QED) is 0.729. The van der Waals surface area contributed by atoms with Crippen LogP contribution in [0.4, 0.5) is 0 Å². The molecule has 0 aromatic heterocycles. The molecule has 1 aliphatic heterocycles. The Kier molecular flexibility index (Phi) is 5.55. The lowest BCUT2D eigenvalue weighted by Gasteiger charge is -2.56. The second-order valence-corrected chi connectivity index (χ2v) is 11.0. The molecule has 1 atom stereocenters. The van der Waals surface area contributed by atoms with Crippen molar-refractivity contribution in [2.24, 2.45) is 34.1 Å². The Morgan fingerprint density at radius 2 is 1.78 bits per heavy atom. The predicted octanol–water partition coefficient (Wildman–Crippen LogP) is 3.34. The van der Waals surface area contributed by atoms with Gasteiger partial charge in [-0.25, -0.2) is 0 Å². The zero-order valence-corrected chi connectivity index (χ0v) is 17.4. The number of nitrogens with zero attached hydrogens (tertiary/aromatic N) is 1. The lowest BCUT2D eigenvalue weighted by atomic mass is 9.49. The number of hydrogen-bond donors (Lipinski definition) is 2. The largest absolute Gasteiger partial charge is 0.344 e. The van der Waals surface area contributed by atoms with Crippen LogP contribution in [0.25, 0.3) is 0 Å². The zero-order valence-electron chi connectivity index (χ0n) is 16.6. The molecule has 4 fully saturated rings. The Morgan fingerprint density at radius 3 is 2.30 bits per heavy atom. The maximum Gasteiger partial charge on any atom is 0.248 e. The summed E-state index contributed by atoms with van der Waals surface area (Å²) in [4.78, 5) is 29.9. The van der Waals surface area contributed by atoms with Gasteiger partial charge in [-0.3, -0.25) is 14.6 Å². The van der Waals surface area contributed by atoms with Crippen LogP contribution in [-0.4, -0.2) is 35.3 Å². The lowest BCUT2D eigenvalue weighted by molar-refractivity contribution is -0.133. The summed E-state index contributed by atoms with van der Waals surface area (Å²) in [5, 5.41) is 6.69. The summed E-state index contributed by atoms with van der Waals surface area (Å²) in [5.74, 6) is 3.75. The van der Waals surface area contributed by atoms with Gasteiger partial charge in [0.25, 0.3) is 0 Å². The van der Waals surface area contributed by atoms with Gasteiger partial charge in [0.15, 0.2) is 5.17 Å². The molecular formula is C21H33N3O2S. The van der Waals surface area contributed by atoms with Crippen molar-refractivity contribution in [2.45, 2.75) is 71.3 Å². The third-order valence-electron chi connectivity index (χ3n) is 6.88. The van der Waals surface area contributed by atoms with E-state index in [0.29, 0.717) is 23.9 Å². The van der Waals surface area contributed by atoms with Crippen LogP contribution < -0.4 is 10.6 Å². The van der Waals surface area contributed by atoms with Crippen LogP contribution in [0.1, 0.15) is 65.2 Å². The standard InChI is InChI=1S/C21H33N3O2S/c1-13(2)5-17(19(26)24-20-22-3-4-27-20)23-18(25)12-21-9-14-6-15(10-21)8-16(7-14)11-21/h13-17H,3-12H2,1-2H3,(H,23,25)(H,22,24,26)/t14?,15?,16?,17-,21?/m1/s1. The molecule has 4 bridgehead atoms. The van der Waals surface area contributed by atoms with Crippen LogP contribution in [0, 0.1) is 29.1 Å². The van der Waals surface area contributed by atoms with Crippen molar-refractivity contribution < 1.29 is 9.59 Å². The summed E-state index contributed by atoms with van der Waals surface area (Å²) in [5.41, 5.74) is 0.211. The topological polar surface area (TPSA) is 70.6 Å². The van der Waals surface area contributed by atoms with Crippen LogP contribution in [-0.2, 0) is 9.59 Å². The molecule has 150 valence electrons. The SMILES string of the molecule is CC(C)C[C@@H](NC(=O)CC12CC3CC(CC(C3)C1)C2)C(=O)NC1=NCCS1. The minimum Gasteiger partial charge on any atom is -0.344 e. The summed E-state index contributed by atoms with van der Waals surface area (Å²) >= 11 is 1.58. The smallest absolute Gasteiger partial charge is 0.248 e. The molecule has 5 aliphatic rings. The highest BCUT2D eigenvalue weighted by molar-refractivity contribution is 8.14. The summed E-state index contributed by atoms with van der Waals surface area (Å²) in [6.45, 7) is 4.94. The third kappa shape index (κ3) is 4.52. The van der Waals surface area contributed by atoms with Gasteiger partial charge in [0.1, 0.15) is 6.04 Å². The first-order valence-electron chi connectivity index (χ1n) is 10.7. The maximum atomic E-state index is 12.9. The second kappa shape index (κ2) is 7.76. The molecule has 0 aromatic rings. The molecule has 1 heterocycles. The summed E-state index contributed by atoms with van der Waals surface area (Å²) in [6.07, 6.45) is 9.10. The Balaban J connectivity index is 1.37. The summed E-state index contributed by atoms with van der Waals surface area (Å²) in [7, 11) is 0. The molecule has 2 amide bonds. The van der Waals surface area contributed by atoms with Crippen molar-refractivity contribution in [2.75, 3.05) is 12.3 Å². The van der Waals surface area contributed by atoms with Crippen molar-refractivity contribution in [3.8, 4) is 0 Å². The average Bonchev–Trinajstić information content (AvgIpc) is 3.04. The van der Waals surface area contributed by atoms with Crippen LogP contribution in [0.3, 0.4) is 0 Å². The lowest BCUT2D eigenvalue weighted by Crippen LogP contribution is -2.51. The van der Waals surface area contributed by atoms with Crippen molar-refractivity contribution in [3.63, 3.8) is 0 Å². The molecule has 2 N–H and O–H groups in total. The Bertz CT molecular complexity index is 596. The minimum absolute atomic E-state index is 0.0683. The van der Waals surface area contributed by atoms with Crippen LogP contribution in [0.5, 0.6) is 0 Å². The summed E-state index contributed by atoms with van der Waals surface area (Å²) < 4.78 is 0. The number of thioether (sulfide) groups is 1. The van der Waals surface area contributed by atoms with Gasteiger partial charge in [-0.1, -0.05) is 25.6 Å². The Hall–Kier alpha value is -1.04. The van der Waals surface area contributed by atoms with E-state index in [1.807, 2.05) is 0 Å². The van der Waals surface area contributed by atoms with E-state index in [0.717, 1.165) is 30.1 Å². The number of nitrogens with one attached hydrogen (secondary N) is 2. The average molecular weight is 392 g/mol. The number of amides is 2. The van der Waals surface area contributed by atoms with E-state index in [2.05, 4.69) is 29.5 Å². The molecule has 0 unspecified atom stereocenters. The third-order valence-corrected chi connectivity index (χ3v) is 7.77. The minimum atomic E-state index is -0.463. The number of carbonyl (C=O) groups is 2. The second-order valence-electron chi connectivity index (χ2n) is 9.87. The highest BCUT2D eigenvalue weighted by Crippen LogP contribution is 2.61. The van der Waals surface area contributed by atoms with Crippen molar-refractivity contribution in [1.82, 2.24) is 10.6 Å². The molecule has 0 radical (unpaired) electrons. The number of amidine groups is 1. The fraction of sp³-hybridized carbons (Fsp3) is 0.857. The van der Waals surface area contributed by atoms with Gasteiger partial charge in [0.2, 0.25) is 11.8 Å². The molecule has 0 spiro atoms. The maximum absolute atomic E-state index is 12.9. The molecule has 0 aromatic carbocycles. The van der Waals surface area contributed by atoms with Crippen LogP contribution >= 0.6 is 11.8 Å². The monoisotopic (exact) mass is 391 g/mol. The first-order valence-corrected chi connectivity index (χ1v) is 11.7. The number of rotatable bonds is 6. The first-order chi connectivity index (χ1) is 12.9. The van der Waals surface area contributed by atoms with Gasteiger partial charge in [-0.05, 0) is 74.0 Å². The molecule has 4 aliphatic carbocycles. The number of hydrogen-bond acceptors (Lipinski definition) is 4. The Morgan fingerprint density at radius 1 is 1.15 bits per heavy atom. The van der Waals surface area contributed by atoms with Crippen LogP contribution in [0.15, 0.2) is 4.99 Å². The van der Waals surface area contributed by atoms with Crippen LogP contribution in [0.2, 0.25) is 0 Å². The van der Waals surface area contributed by atoms with Crippen molar-refractivity contribution in [1.29, 1.82) is 0 Å². The van der Waals surface area contributed by atoms with E-state index >= 15 is 0 Å². The van der Waals surface area contributed by atoms with Gasteiger partial charge in [-0.15, -0.1) is 0 Å². The van der Waals surface area contributed by atoms with Crippen molar-refractivity contribution >= 4 is 28.7 Å². The van der Waals surface area contributed by atoms with E-state index in [4.69, 9.17) is 0 Å². The molecule has 5 nitrogen and oxygen atoms in total. The van der Waals surface area contributed by atoms with Gasteiger partial charge in [-0.2, -0.15) is 0 Å². The summed E-state index contributed by atoms with van der Waals surface area (Å²) in [6, 6.07) is -0.463. The van der Waals surface area contributed by atoms with E-state index in [9.17, 15) is 9.59 Å². The predicted molar refractivity (Wildman–Crippen MR) is 110 cm³/mol. The molecular weight excluding hydrogens is 358 g/mol. The Labute approximate surface area is 166 Å². The first kappa shape index (κ1) is 19.3. The van der Waals surface area contributed by atoms with Gasteiger partial charge in [0, 0.05) is 12.2 Å². The molecule has 4 saturated carbocycles. The fourth-order valence-corrected chi connectivity index (χ4v) is 7.13. The molecule has 5 rings (SSSR count). The molecule has 27 heavy (non-hydrogen) atoms. The van der Waals surface area contributed by atoms with Gasteiger partial charge < -0.3 is 10.6 Å². The van der Waals surface area contributed by atoms with E-state index in [1.54, 1.807) is 11.8 Å². The zero-order chi connectivity index (χ0) is 19.0. The van der Waals surface area contributed by atoms with Crippen molar-refractivity contribution in [3.05, 3.63) is 0 Å². The number of carbonyl (C=O) groups excluding carboxylic acids is 2. The molecule has 6 heteroatoms. The highest BCUT2D eigenvalue weighted by Gasteiger charge is 2.51. The van der Waals surface area contributed by atoms with E-state index in [-0.39, 0.29) is 17.2 Å². The fourth-order valence-electron chi connectivity index (χ4n) is 6.40.